The molecule has 60 valence electrons. The Hall–Kier alpha value is -0.930. The zero-order chi connectivity index (χ0) is 8.55. The third kappa shape index (κ3) is 1.11. The van der Waals surface area contributed by atoms with Crippen LogP contribution in [0.15, 0.2) is 17.5 Å². The number of carbonyl (C=O) groups is 1. The van der Waals surface area contributed by atoms with Crippen molar-refractivity contribution in [1.82, 2.24) is 4.98 Å². The van der Waals surface area contributed by atoms with Crippen LogP contribution in [0.5, 0.6) is 0 Å². The molecule has 0 amide bonds. The summed E-state index contributed by atoms with van der Waals surface area (Å²) in [7, 11) is 0. The van der Waals surface area contributed by atoms with Gasteiger partial charge in [0.1, 0.15) is 5.15 Å². The first-order valence-corrected chi connectivity index (χ1v) is 4.56. The van der Waals surface area contributed by atoms with E-state index >= 15 is 0 Å². The standard InChI is InChI=1S/C8H4ClNOS/c9-8-5(4-11)3-7-6(10-8)1-2-12-7/h1-4H. The predicted octanol–water partition coefficient (Wildman–Crippen LogP) is 2.76. The molecular weight excluding hydrogens is 194 g/mol. The lowest BCUT2D eigenvalue weighted by atomic mass is 10.3. The number of pyridine rings is 1. The number of rotatable bonds is 1. The fourth-order valence-electron chi connectivity index (χ4n) is 0.968. The van der Waals surface area contributed by atoms with E-state index in [0.717, 1.165) is 10.2 Å². The summed E-state index contributed by atoms with van der Waals surface area (Å²) >= 11 is 7.27. The number of fused-ring (bicyclic) bond motifs is 1. The van der Waals surface area contributed by atoms with Gasteiger partial charge in [0, 0.05) is 0 Å². The summed E-state index contributed by atoms with van der Waals surface area (Å²) in [6.45, 7) is 0. The van der Waals surface area contributed by atoms with Crippen LogP contribution in [0.2, 0.25) is 5.15 Å². The van der Waals surface area contributed by atoms with Crippen LogP contribution in [0.4, 0.5) is 0 Å². The van der Waals surface area contributed by atoms with Gasteiger partial charge >= 0.3 is 0 Å². The van der Waals surface area contributed by atoms with Crippen molar-refractivity contribution in [1.29, 1.82) is 0 Å². The molecule has 0 aromatic carbocycles. The lowest BCUT2D eigenvalue weighted by molar-refractivity contribution is 0.112. The maximum absolute atomic E-state index is 10.5. The average Bonchev–Trinajstić information content (AvgIpc) is 2.49. The lowest BCUT2D eigenvalue weighted by Crippen LogP contribution is -1.84. The van der Waals surface area contributed by atoms with Gasteiger partial charge in [0.2, 0.25) is 0 Å². The van der Waals surface area contributed by atoms with Crippen molar-refractivity contribution in [2.45, 2.75) is 0 Å². The highest BCUT2D eigenvalue weighted by molar-refractivity contribution is 7.17. The molecule has 2 heterocycles. The number of hydrogen-bond acceptors (Lipinski definition) is 3. The van der Waals surface area contributed by atoms with Crippen LogP contribution in [0, 0.1) is 0 Å². The van der Waals surface area contributed by atoms with Gasteiger partial charge in [-0.15, -0.1) is 11.3 Å². The van der Waals surface area contributed by atoms with Crippen LogP contribution in [-0.2, 0) is 0 Å². The molecule has 0 unspecified atom stereocenters. The van der Waals surface area contributed by atoms with Gasteiger partial charge in [0.05, 0.1) is 15.8 Å². The minimum absolute atomic E-state index is 0.274. The Morgan fingerprint density at radius 3 is 3.17 bits per heavy atom. The Bertz CT molecular complexity index is 438. The molecular formula is C8H4ClNOS. The van der Waals surface area contributed by atoms with Crippen molar-refractivity contribution in [3.8, 4) is 0 Å². The van der Waals surface area contributed by atoms with Crippen molar-refractivity contribution >= 4 is 39.4 Å². The number of thiophene rings is 1. The van der Waals surface area contributed by atoms with E-state index in [0.29, 0.717) is 11.8 Å². The Morgan fingerprint density at radius 2 is 2.42 bits per heavy atom. The molecule has 0 saturated heterocycles. The summed E-state index contributed by atoms with van der Waals surface area (Å²) in [5.74, 6) is 0. The van der Waals surface area contributed by atoms with Gasteiger partial charge in [-0.1, -0.05) is 11.6 Å². The topological polar surface area (TPSA) is 30.0 Å². The Kier molecular flexibility index (Phi) is 1.83. The molecule has 0 aliphatic rings. The quantitative estimate of drug-likeness (QED) is 0.520. The van der Waals surface area contributed by atoms with E-state index in [-0.39, 0.29) is 5.15 Å². The first-order chi connectivity index (χ1) is 5.81. The molecule has 2 aromatic heterocycles. The normalized spacial score (nSPS) is 10.4. The first-order valence-electron chi connectivity index (χ1n) is 3.30. The molecule has 0 spiro atoms. The molecule has 0 aliphatic heterocycles. The molecule has 0 N–H and O–H groups in total. The average molecular weight is 198 g/mol. The summed E-state index contributed by atoms with van der Waals surface area (Å²) in [4.78, 5) is 14.5. The molecule has 0 aliphatic carbocycles. The molecule has 2 nitrogen and oxygen atoms in total. The molecule has 0 bridgehead atoms. The maximum atomic E-state index is 10.5. The summed E-state index contributed by atoms with van der Waals surface area (Å²) < 4.78 is 0.988. The Labute approximate surface area is 77.8 Å². The van der Waals surface area contributed by atoms with E-state index in [1.807, 2.05) is 11.4 Å². The van der Waals surface area contributed by atoms with Gasteiger partial charge in [-0.05, 0) is 17.5 Å². The van der Waals surface area contributed by atoms with Gasteiger partial charge in [-0.3, -0.25) is 4.79 Å². The van der Waals surface area contributed by atoms with Crippen molar-refractivity contribution in [2.75, 3.05) is 0 Å². The number of carbonyl (C=O) groups excluding carboxylic acids is 1. The van der Waals surface area contributed by atoms with Crippen LogP contribution < -0.4 is 0 Å². The molecule has 12 heavy (non-hydrogen) atoms. The Morgan fingerprint density at radius 1 is 1.58 bits per heavy atom. The Balaban J connectivity index is 2.81. The number of nitrogens with zero attached hydrogens (tertiary/aromatic N) is 1. The number of hydrogen-bond donors (Lipinski definition) is 0. The van der Waals surface area contributed by atoms with E-state index in [4.69, 9.17) is 11.6 Å². The largest absolute Gasteiger partial charge is 0.298 e. The minimum atomic E-state index is 0.274. The highest BCUT2D eigenvalue weighted by Crippen LogP contribution is 2.23. The first kappa shape index (κ1) is 7.71. The fraction of sp³-hybridized carbons (Fsp3) is 0. The molecule has 0 fully saturated rings. The van der Waals surface area contributed by atoms with Gasteiger partial charge in [-0.2, -0.15) is 0 Å². The van der Waals surface area contributed by atoms with Crippen LogP contribution in [0.1, 0.15) is 10.4 Å². The highest BCUT2D eigenvalue weighted by Gasteiger charge is 2.03. The maximum Gasteiger partial charge on any atom is 0.153 e. The smallest absolute Gasteiger partial charge is 0.153 e. The van der Waals surface area contributed by atoms with E-state index in [9.17, 15) is 4.79 Å². The number of aromatic nitrogens is 1. The van der Waals surface area contributed by atoms with E-state index in [1.165, 1.54) is 0 Å². The second kappa shape index (κ2) is 2.84. The number of halogens is 1. The van der Waals surface area contributed by atoms with Crippen molar-refractivity contribution in [3.63, 3.8) is 0 Å². The molecule has 0 atom stereocenters. The predicted molar refractivity (Wildman–Crippen MR) is 50.0 cm³/mol. The van der Waals surface area contributed by atoms with Crippen LogP contribution in [0.25, 0.3) is 10.2 Å². The highest BCUT2D eigenvalue weighted by atomic mass is 35.5. The molecule has 0 saturated carbocycles. The summed E-state index contributed by atoms with van der Waals surface area (Å²) in [6, 6.07) is 3.63. The van der Waals surface area contributed by atoms with Gasteiger partial charge in [-0.25, -0.2) is 4.98 Å². The van der Waals surface area contributed by atoms with Crippen LogP contribution in [0.3, 0.4) is 0 Å². The number of aldehydes is 1. The molecule has 2 aromatic rings. The van der Waals surface area contributed by atoms with E-state index in [1.54, 1.807) is 17.4 Å². The second-order valence-electron chi connectivity index (χ2n) is 2.29. The van der Waals surface area contributed by atoms with Gasteiger partial charge in [0.25, 0.3) is 0 Å². The van der Waals surface area contributed by atoms with E-state index in [2.05, 4.69) is 4.98 Å². The third-order valence-electron chi connectivity index (χ3n) is 1.54. The van der Waals surface area contributed by atoms with Gasteiger partial charge < -0.3 is 0 Å². The minimum Gasteiger partial charge on any atom is -0.298 e. The van der Waals surface area contributed by atoms with Crippen molar-refractivity contribution in [2.24, 2.45) is 0 Å². The third-order valence-corrected chi connectivity index (χ3v) is 2.70. The van der Waals surface area contributed by atoms with Crippen molar-refractivity contribution < 1.29 is 4.79 Å². The molecule has 4 heteroatoms. The lowest BCUT2D eigenvalue weighted by Gasteiger charge is -1.94. The zero-order valence-electron chi connectivity index (χ0n) is 5.95. The monoisotopic (exact) mass is 197 g/mol. The SMILES string of the molecule is O=Cc1cc2sccc2nc1Cl. The summed E-state index contributed by atoms with van der Waals surface area (Å²) in [6.07, 6.45) is 0.717. The van der Waals surface area contributed by atoms with Crippen molar-refractivity contribution in [3.05, 3.63) is 28.2 Å². The summed E-state index contributed by atoms with van der Waals surface area (Å²) in [5.41, 5.74) is 1.29. The summed E-state index contributed by atoms with van der Waals surface area (Å²) in [5, 5.41) is 2.19. The second-order valence-corrected chi connectivity index (χ2v) is 3.60. The zero-order valence-corrected chi connectivity index (χ0v) is 7.52. The van der Waals surface area contributed by atoms with Gasteiger partial charge in [0.15, 0.2) is 6.29 Å². The van der Waals surface area contributed by atoms with Crippen LogP contribution >= 0.6 is 22.9 Å². The molecule has 2 rings (SSSR count). The van der Waals surface area contributed by atoms with E-state index < -0.39 is 0 Å². The fourth-order valence-corrected chi connectivity index (χ4v) is 1.93. The molecule has 0 radical (unpaired) electrons. The van der Waals surface area contributed by atoms with Crippen LogP contribution in [-0.4, -0.2) is 11.3 Å².